The summed E-state index contributed by atoms with van der Waals surface area (Å²) in [5.74, 6) is -0.211. The van der Waals surface area contributed by atoms with Crippen molar-refractivity contribution in [2.45, 2.75) is 270 Å². The molecule has 1 amide bonds. The number of carbonyl (C=O) groups is 1. The number of quaternary nitrogens is 1. The number of phosphoric ester groups is 1. The van der Waals surface area contributed by atoms with Crippen LogP contribution < -0.4 is 10.2 Å². The maximum absolute atomic E-state index is 12.9. The Hall–Kier alpha value is -1.80. The van der Waals surface area contributed by atoms with Crippen molar-refractivity contribution in [1.82, 2.24) is 5.32 Å². The lowest BCUT2D eigenvalue weighted by Gasteiger charge is -2.29. The molecule has 0 saturated carbocycles. The van der Waals surface area contributed by atoms with Gasteiger partial charge in [0, 0.05) is 6.42 Å². The van der Waals surface area contributed by atoms with Crippen LogP contribution in [-0.2, 0) is 18.4 Å². The van der Waals surface area contributed by atoms with Crippen LogP contribution in [0.2, 0.25) is 0 Å². The molecule has 9 heteroatoms. The third kappa shape index (κ3) is 52.0. The van der Waals surface area contributed by atoms with E-state index in [1.165, 1.54) is 161 Å². The molecule has 0 aliphatic carbocycles. The number of unbranched alkanes of at least 4 members (excludes halogenated alkanes) is 31. The molecule has 8 nitrogen and oxygen atoms in total. The van der Waals surface area contributed by atoms with Gasteiger partial charge in [0.15, 0.2) is 0 Å². The van der Waals surface area contributed by atoms with E-state index in [9.17, 15) is 19.4 Å². The fourth-order valence-electron chi connectivity index (χ4n) is 8.26. The van der Waals surface area contributed by atoms with Gasteiger partial charge in [-0.25, -0.2) is 0 Å². The van der Waals surface area contributed by atoms with Crippen LogP contribution in [-0.4, -0.2) is 68.5 Å². The first kappa shape index (κ1) is 66.2. The summed E-state index contributed by atoms with van der Waals surface area (Å²) < 4.78 is 23.3. The smallest absolute Gasteiger partial charge is 0.268 e. The minimum absolute atomic E-state index is 0.00615. The van der Waals surface area contributed by atoms with E-state index in [0.29, 0.717) is 17.4 Å². The molecular weight excluding hydrogens is 864 g/mol. The van der Waals surface area contributed by atoms with E-state index in [1.54, 1.807) is 6.08 Å². The van der Waals surface area contributed by atoms with E-state index < -0.39 is 20.0 Å². The molecule has 0 aliphatic heterocycles. The molecule has 0 aliphatic rings. The standard InChI is InChI=1S/C59H111N2O6P/c1-6-8-10-12-14-16-18-20-22-24-26-27-28-29-30-31-32-33-35-36-38-40-42-44-46-48-50-52-58(62)57(56-67-68(64,65)66-55-54-61(3,4)5)60-59(63)53-51-49-47-45-43-41-39-37-34-25-23-21-19-17-15-13-11-9-7-2/h9,11,15,17,21,23,34,37,50,52,57-58,62H,6-8,10,12-14,16,18-20,22,24-33,35-36,38-49,51,53-56H2,1-5H3,(H-,60,63,64,65)/b11-9-,17-15-,23-21-,37-34-,52-50+. The highest BCUT2D eigenvalue weighted by atomic mass is 31.2. The van der Waals surface area contributed by atoms with Crippen molar-refractivity contribution in [3.8, 4) is 0 Å². The minimum atomic E-state index is -4.60. The molecule has 0 fully saturated rings. The van der Waals surface area contributed by atoms with Gasteiger partial charge in [-0.05, 0) is 57.8 Å². The molecule has 0 heterocycles. The van der Waals surface area contributed by atoms with Crippen LogP contribution in [0.3, 0.4) is 0 Å². The minimum Gasteiger partial charge on any atom is -0.756 e. The summed E-state index contributed by atoms with van der Waals surface area (Å²) in [7, 11) is 1.25. The third-order valence-corrected chi connectivity index (χ3v) is 13.7. The molecule has 0 aromatic heterocycles. The van der Waals surface area contributed by atoms with Crippen molar-refractivity contribution in [3.05, 3.63) is 60.8 Å². The first-order valence-corrected chi connectivity index (χ1v) is 30.1. The number of aliphatic hydroxyl groups excluding tert-OH is 1. The second-order valence-corrected chi connectivity index (χ2v) is 22.0. The zero-order valence-corrected chi connectivity index (χ0v) is 46.2. The summed E-state index contributed by atoms with van der Waals surface area (Å²) in [6.07, 6.45) is 67.3. The molecule has 0 saturated heterocycles. The predicted molar refractivity (Wildman–Crippen MR) is 293 cm³/mol. The number of likely N-dealkylation sites (N-methyl/N-ethyl adjacent to an activating group) is 1. The molecule has 68 heavy (non-hydrogen) atoms. The molecule has 0 spiro atoms. The number of nitrogens with zero attached hydrogens (tertiary/aromatic N) is 1. The average Bonchev–Trinajstić information content (AvgIpc) is 3.30. The van der Waals surface area contributed by atoms with Crippen LogP contribution in [0.1, 0.15) is 258 Å². The van der Waals surface area contributed by atoms with Gasteiger partial charge < -0.3 is 28.8 Å². The van der Waals surface area contributed by atoms with Gasteiger partial charge in [0.05, 0.1) is 39.9 Å². The van der Waals surface area contributed by atoms with E-state index in [4.69, 9.17) is 9.05 Å². The molecule has 0 rings (SSSR count). The number of nitrogens with one attached hydrogen (secondary N) is 1. The van der Waals surface area contributed by atoms with Gasteiger partial charge in [0.2, 0.25) is 5.91 Å². The fraction of sp³-hybridized carbons (Fsp3) is 0.814. The Kier molecular flexibility index (Phi) is 48.8. The highest BCUT2D eigenvalue weighted by molar-refractivity contribution is 7.45. The molecule has 0 radical (unpaired) electrons. The number of rotatable bonds is 52. The monoisotopic (exact) mass is 975 g/mol. The zero-order chi connectivity index (χ0) is 49.9. The third-order valence-electron chi connectivity index (χ3n) is 12.7. The van der Waals surface area contributed by atoms with Crippen LogP contribution in [0, 0.1) is 0 Å². The number of allylic oxidation sites excluding steroid dienone is 9. The molecule has 0 aromatic carbocycles. The number of amides is 1. The van der Waals surface area contributed by atoms with Crippen LogP contribution in [0.4, 0.5) is 0 Å². The van der Waals surface area contributed by atoms with Gasteiger partial charge in [-0.2, -0.15) is 0 Å². The van der Waals surface area contributed by atoms with Gasteiger partial charge in [0.25, 0.3) is 7.82 Å². The lowest BCUT2D eigenvalue weighted by atomic mass is 10.0. The maximum atomic E-state index is 12.9. The van der Waals surface area contributed by atoms with Crippen molar-refractivity contribution >= 4 is 13.7 Å². The van der Waals surface area contributed by atoms with Crippen molar-refractivity contribution in [3.63, 3.8) is 0 Å². The Morgan fingerprint density at radius 2 is 0.897 bits per heavy atom. The van der Waals surface area contributed by atoms with E-state index in [1.807, 2.05) is 27.2 Å². The number of aliphatic hydroxyl groups is 1. The highest BCUT2D eigenvalue weighted by Gasteiger charge is 2.23. The van der Waals surface area contributed by atoms with Crippen molar-refractivity contribution in [1.29, 1.82) is 0 Å². The number of carbonyl (C=O) groups excluding carboxylic acids is 1. The van der Waals surface area contributed by atoms with E-state index >= 15 is 0 Å². The molecule has 0 bridgehead atoms. The Labute approximate surface area is 422 Å². The Morgan fingerprint density at radius 1 is 0.529 bits per heavy atom. The average molecular weight is 976 g/mol. The number of hydrogen-bond donors (Lipinski definition) is 2. The van der Waals surface area contributed by atoms with Gasteiger partial charge in [-0.1, -0.05) is 254 Å². The van der Waals surface area contributed by atoms with Crippen molar-refractivity contribution in [2.24, 2.45) is 0 Å². The van der Waals surface area contributed by atoms with Crippen LogP contribution >= 0.6 is 7.82 Å². The topological polar surface area (TPSA) is 108 Å². The Balaban J connectivity index is 4.22. The second kappa shape index (κ2) is 50.2. The van der Waals surface area contributed by atoms with E-state index in [-0.39, 0.29) is 19.1 Å². The Bertz CT molecular complexity index is 1290. The summed E-state index contributed by atoms with van der Waals surface area (Å²) in [6.45, 7) is 4.54. The quantitative estimate of drug-likeness (QED) is 0.0272. The van der Waals surface area contributed by atoms with Crippen molar-refractivity contribution in [2.75, 3.05) is 40.9 Å². The highest BCUT2D eigenvalue weighted by Crippen LogP contribution is 2.38. The Morgan fingerprint density at radius 3 is 1.31 bits per heavy atom. The van der Waals surface area contributed by atoms with Crippen molar-refractivity contribution < 1.29 is 32.9 Å². The fourth-order valence-corrected chi connectivity index (χ4v) is 8.99. The molecular formula is C59H111N2O6P. The van der Waals surface area contributed by atoms with Crippen LogP contribution in [0.15, 0.2) is 60.8 Å². The van der Waals surface area contributed by atoms with Crippen LogP contribution in [0.25, 0.3) is 0 Å². The SMILES string of the molecule is CC/C=C\C/C=C\C/C=C\C/C=C\CCCCCCCCC(=O)NC(COP(=O)([O-])OCC[N+](C)(C)C)C(O)/C=C/CCCCCCCCCCCCCCCCCCCCCCCCCCC. The second-order valence-electron chi connectivity index (χ2n) is 20.6. The molecule has 398 valence electrons. The largest absolute Gasteiger partial charge is 0.756 e. The molecule has 2 N–H and O–H groups in total. The summed E-state index contributed by atoms with van der Waals surface area (Å²) in [5, 5.41) is 13.9. The van der Waals surface area contributed by atoms with E-state index in [0.717, 1.165) is 77.0 Å². The molecule has 0 aromatic rings. The zero-order valence-electron chi connectivity index (χ0n) is 45.3. The lowest BCUT2D eigenvalue weighted by molar-refractivity contribution is -0.870. The van der Waals surface area contributed by atoms with Crippen LogP contribution in [0.5, 0.6) is 0 Å². The normalized spacial score (nSPS) is 14.4. The number of phosphoric acid groups is 1. The van der Waals surface area contributed by atoms with E-state index in [2.05, 4.69) is 67.8 Å². The first-order valence-electron chi connectivity index (χ1n) is 28.7. The molecule has 3 unspecified atom stereocenters. The molecule has 3 atom stereocenters. The summed E-state index contributed by atoms with van der Waals surface area (Å²) in [6, 6.07) is -0.898. The first-order chi connectivity index (χ1) is 33.0. The summed E-state index contributed by atoms with van der Waals surface area (Å²) >= 11 is 0. The number of hydrogen-bond acceptors (Lipinski definition) is 6. The van der Waals surface area contributed by atoms with Gasteiger partial charge in [-0.15, -0.1) is 0 Å². The summed E-state index contributed by atoms with van der Waals surface area (Å²) in [4.78, 5) is 25.5. The predicted octanol–water partition coefficient (Wildman–Crippen LogP) is 16.7. The summed E-state index contributed by atoms with van der Waals surface area (Å²) in [5.41, 5.74) is 0. The van der Waals surface area contributed by atoms with Gasteiger partial charge in [0.1, 0.15) is 13.2 Å². The maximum Gasteiger partial charge on any atom is 0.268 e. The van der Waals surface area contributed by atoms with Gasteiger partial charge >= 0.3 is 0 Å². The lowest BCUT2D eigenvalue weighted by Crippen LogP contribution is -2.45. The van der Waals surface area contributed by atoms with Gasteiger partial charge in [-0.3, -0.25) is 9.36 Å².